The van der Waals surface area contributed by atoms with Gasteiger partial charge in [0.1, 0.15) is 5.75 Å². The lowest BCUT2D eigenvalue weighted by Gasteiger charge is -2.28. The summed E-state index contributed by atoms with van der Waals surface area (Å²) in [6.07, 6.45) is 2.73. The zero-order valence-corrected chi connectivity index (χ0v) is 13.3. The molecule has 124 valence electrons. The molecule has 1 aromatic carbocycles. The largest absolute Gasteiger partial charge is 0.482 e. The highest BCUT2D eigenvalue weighted by atomic mass is 32.2. The van der Waals surface area contributed by atoms with Crippen molar-refractivity contribution in [2.75, 3.05) is 18.5 Å². The minimum Gasteiger partial charge on any atom is -0.482 e. The topological polar surface area (TPSA) is 95.9 Å². The van der Waals surface area contributed by atoms with Crippen LogP contribution >= 0.6 is 0 Å². The van der Waals surface area contributed by atoms with E-state index in [0.717, 1.165) is 6.42 Å². The second kappa shape index (κ2) is 4.93. The van der Waals surface area contributed by atoms with Gasteiger partial charge in [0.15, 0.2) is 6.61 Å². The Balaban J connectivity index is 1.69. The number of benzene rings is 1. The first-order valence-electron chi connectivity index (χ1n) is 7.71. The van der Waals surface area contributed by atoms with Crippen molar-refractivity contribution >= 4 is 21.6 Å². The lowest BCUT2D eigenvalue weighted by molar-refractivity contribution is -0.118. The van der Waals surface area contributed by atoms with E-state index in [9.17, 15) is 18.3 Å². The summed E-state index contributed by atoms with van der Waals surface area (Å²) in [4.78, 5) is 11.5. The molecule has 8 heteroatoms. The molecule has 1 aromatic rings. The number of carbonyl (C=O) groups excluding carboxylic acids is 1. The van der Waals surface area contributed by atoms with Crippen molar-refractivity contribution in [2.45, 2.75) is 42.2 Å². The molecule has 2 N–H and O–H groups in total. The Labute approximate surface area is 134 Å². The van der Waals surface area contributed by atoms with Gasteiger partial charge in [-0.2, -0.15) is 4.31 Å². The van der Waals surface area contributed by atoms with Crippen LogP contribution in [0.2, 0.25) is 0 Å². The Morgan fingerprint density at radius 1 is 1.35 bits per heavy atom. The fourth-order valence-corrected chi connectivity index (χ4v) is 5.17. The van der Waals surface area contributed by atoms with E-state index in [-0.39, 0.29) is 23.5 Å². The van der Waals surface area contributed by atoms with Crippen LogP contribution in [0.5, 0.6) is 5.75 Å². The van der Waals surface area contributed by atoms with Crippen molar-refractivity contribution in [1.82, 2.24) is 4.31 Å². The summed E-state index contributed by atoms with van der Waals surface area (Å²) >= 11 is 0. The quantitative estimate of drug-likeness (QED) is 0.846. The number of hydrogen-bond acceptors (Lipinski definition) is 5. The van der Waals surface area contributed by atoms with E-state index in [1.165, 1.54) is 16.4 Å². The molecule has 0 bridgehead atoms. The smallest absolute Gasteiger partial charge is 0.262 e. The SMILES string of the molecule is O=C1COc2ccc(S(=O)(=O)N3CCCC3C3(O)CC3)cc2N1. The minimum absolute atomic E-state index is 0.0691. The van der Waals surface area contributed by atoms with E-state index in [1.807, 2.05) is 0 Å². The molecular weight excluding hydrogens is 320 g/mol. The molecule has 1 saturated carbocycles. The van der Waals surface area contributed by atoms with Gasteiger partial charge in [-0.05, 0) is 43.9 Å². The second-order valence-corrected chi connectivity index (χ2v) is 8.26. The predicted octanol–water partition coefficient (Wildman–Crippen LogP) is 0.695. The first-order valence-corrected chi connectivity index (χ1v) is 9.15. The summed E-state index contributed by atoms with van der Waals surface area (Å²) in [5, 5.41) is 13.0. The lowest BCUT2D eigenvalue weighted by Crippen LogP contribution is -2.44. The van der Waals surface area contributed by atoms with Gasteiger partial charge >= 0.3 is 0 Å². The van der Waals surface area contributed by atoms with Gasteiger partial charge in [0.05, 0.1) is 22.2 Å². The third-order valence-electron chi connectivity index (χ3n) is 4.78. The Bertz CT molecular complexity index is 772. The maximum atomic E-state index is 12.9. The molecule has 1 amide bonds. The van der Waals surface area contributed by atoms with Gasteiger partial charge in [0.2, 0.25) is 10.0 Å². The van der Waals surface area contributed by atoms with Crippen molar-refractivity contribution in [3.05, 3.63) is 18.2 Å². The highest BCUT2D eigenvalue weighted by Gasteiger charge is 2.54. The summed E-state index contributed by atoms with van der Waals surface area (Å²) in [5.41, 5.74) is -0.502. The zero-order chi connectivity index (χ0) is 16.2. The molecule has 1 unspecified atom stereocenters. The van der Waals surface area contributed by atoms with Gasteiger partial charge in [-0.15, -0.1) is 0 Å². The third kappa shape index (κ3) is 2.41. The van der Waals surface area contributed by atoms with Gasteiger partial charge in [-0.3, -0.25) is 4.79 Å². The molecule has 1 saturated heterocycles. The van der Waals surface area contributed by atoms with Gasteiger partial charge in [0, 0.05) is 6.54 Å². The monoisotopic (exact) mass is 338 g/mol. The Morgan fingerprint density at radius 2 is 2.13 bits per heavy atom. The summed E-state index contributed by atoms with van der Waals surface area (Å²) in [6, 6.07) is 4.11. The molecule has 0 aromatic heterocycles. The molecule has 4 rings (SSSR count). The van der Waals surface area contributed by atoms with E-state index < -0.39 is 15.6 Å². The molecule has 2 fully saturated rings. The highest BCUT2D eigenvalue weighted by Crippen LogP contribution is 2.46. The van der Waals surface area contributed by atoms with Crippen molar-refractivity contribution in [3.63, 3.8) is 0 Å². The van der Waals surface area contributed by atoms with E-state index in [4.69, 9.17) is 4.74 Å². The molecule has 0 spiro atoms. The number of anilines is 1. The Morgan fingerprint density at radius 3 is 2.87 bits per heavy atom. The van der Waals surface area contributed by atoms with Crippen LogP contribution in [-0.4, -0.2) is 48.5 Å². The average Bonchev–Trinajstić information content (AvgIpc) is 3.07. The number of fused-ring (bicyclic) bond motifs is 1. The van der Waals surface area contributed by atoms with Crippen LogP contribution in [0.15, 0.2) is 23.1 Å². The molecule has 7 nitrogen and oxygen atoms in total. The van der Waals surface area contributed by atoms with Crippen LogP contribution in [0.4, 0.5) is 5.69 Å². The molecule has 2 aliphatic heterocycles. The number of carbonyl (C=O) groups is 1. The van der Waals surface area contributed by atoms with Gasteiger partial charge in [-0.25, -0.2) is 8.42 Å². The van der Waals surface area contributed by atoms with Crippen LogP contribution in [0, 0.1) is 0 Å². The summed E-state index contributed by atoms with van der Waals surface area (Å²) in [7, 11) is -3.72. The van der Waals surface area contributed by atoms with Crippen molar-refractivity contribution < 1.29 is 23.1 Å². The number of nitrogens with one attached hydrogen (secondary N) is 1. The zero-order valence-electron chi connectivity index (χ0n) is 12.5. The predicted molar refractivity (Wildman–Crippen MR) is 81.7 cm³/mol. The molecular formula is C15H18N2O5S. The number of nitrogens with zero attached hydrogens (tertiary/aromatic N) is 1. The number of hydrogen-bond donors (Lipinski definition) is 2. The number of sulfonamides is 1. The van der Waals surface area contributed by atoms with Crippen LogP contribution in [0.25, 0.3) is 0 Å². The van der Waals surface area contributed by atoms with Crippen LogP contribution < -0.4 is 10.1 Å². The number of amides is 1. The normalized spacial score (nSPS) is 26.3. The highest BCUT2D eigenvalue weighted by molar-refractivity contribution is 7.89. The number of aliphatic hydroxyl groups is 1. The summed E-state index contributed by atoms with van der Waals surface area (Å²) < 4.78 is 32.6. The lowest BCUT2D eigenvalue weighted by atomic mass is 10.1. The van der Waals surface area contributed by atoms with Crippen LogP contribution in [-0.2, 0) is 14.8 Å². The van der Waals surface area contributed by atoms with Crippen LogP contribution in [0.1, 0.15) is 25.7 Å². The van der Waals surface area contributed by atoms with E-state index in [0.29, 0.717) is 37.2 Å². The summed E-state index contributed by atoms with van der Waals surface area (Å²) in [6.45, 7) is 0.343. The third-order valence-corrected chi connectivity index (χ3v) is 6.68. The standard InChI is InChI=1S/C15H18N2O5S/c18-14-9-22-12-4-3-10(8-11(12)16-14)23(20,21)17-7-1-2-13(17)15(19)5-6-15/h3-4,8,13,19H,1-2,5-7,9H2,(H,16,18). The number of rotatable bonds is 3. The van der Waals surface area contributed by atoms with E-state index >= 15 is 0 Å². The maximum Gasteiger partial charge on any atom is 0.262 e. The molecule has 23 heavy (non-hydrogen) atoms. The van der Waals surface area contributed by atoms with Crippen LogP contribution in [0.3, 0.4) is 0 Å². The fourth-order valence-electron chi connectivity index (χ4n) is 3.38. The van der Waals surface area contributed by atoms with Crippen molar-refractivity contribution in [2.24, 2.45) is 0 Å². The van der Waals surface area contributed by atoms with E-state index in [2.05, 4.69) is 5.32 Å². The number of ether oxygens (including phenoxy) is 1. The minimum atomic E-state index is -3.72. The molecule has 1 atom stereocenters. The molecule has 2 heterocycles. The maximum absolute atomic E-state index is 12.9. The van der Waals surface area contributed by atoms with Crippen molar-refractivity contribution in [3.8, 4) is 5.75 Å². The first kappa shape index (κ1) is 14.9. The first-order chi connectivity index (χ1) is 10.9. The fraction of sp³-hybridized carbons (Fsp3) is 0.533. The Kier molecular flexibility index (Phi) is 3.20. The van der Waals surface area contributed by atoms with Gasteiger partial charge in [0.25, 0.3) is 5.91 Å². The van der Waals surface area contributed by atoms with Gasteiger partial charge < -0.3 is 15.2 Å². The van der Waals surface area contributed by atoms with Crippen molar-refractivity contribution in [1.29, 1.82) is 0 Å². The molecule has 1 aliphatic carbocycles. The average molecular weight is 338 g/mol. The Hall–Kier alpha value is -1.64. The molecule has 3 aliphatic rings. The molecule has 0 radical (unpaired) electrons. The second-order valence-electron chi connectivity index (χ2n) is 6.37. The van der Waals surface area contributed by atoms with Gasteiger partial charge in [-0.1, -0.05) is 0 Å². The summed E-state index contributed by atoms with van der Waals surface area (Å²) in [5.74, 6) is 0.153. The van der Waals surface area contributed by atoms with E-state index in [1.54, 1.807) is 6.07 Å².